The molecule has 1 aromatic heterocycles. The number of rotatable bonds is 4. The summed E-state index contributed by atoms with van der Waals surface area (Å²) in [5, 5.41) is 17.1. The van der Waals surface area contributed by atoms with Crippen molar-refractivity contribution in [3.63, 3.8) is 0 Å². The number of hydrogen-bond acceptors (Lipinski definition) is 6. The SMILES string of the molecule is C=CCN1CCCC2Cc3nc(N)nc(Br)c3CC21.O=C(O)c1ccccc1C(=O)O. The summed E-state index contributed by atoms with van der Waals surface area (Å²) in [4.78, 5) is 32.1. The molecule has 2 aromatic rings. The van der Waals surface area contributed by atoms with Crippen LogP contribution in [0.4, 0.5) is 5.95 Å². The molecule has 0 bridgehead atoms. The number of anilines is 1. The molecule has 1 aliphatic heterocycles. The zero-order chi connectivity index (χ0) is 22.5. The number of likely N-dealkylation sites (tertiary alicyclic amines) is 1. The molecule has 1 aromatic carbocycles. The smallest absolute Gasteiger partial charge is 0.336 e. The van der Waals surface area contributed by atoms with Crippen molar-refractivity contribution in [3.05, 3.63) is 63.9 Å². The molecule has 1 saturated heterocycles. The molecule has 31 heavy (non-hydrogen) atoms. The molecule has 4 N–H and O–H groups in total. The highest BCUT2D eigenvalue weighted by Gasteiger charge is 2.36. The van der Waals surface area contributed by atoms with Gasteiger partial charge in [-0.3, -0.25) is 4.90 Å². The van der Waals surface area contributed by atoms with E-state index in [0.717, 1.165) is 29.7 Å². The minimum atomic E-state index is -1.23. The Bertz CT molecular complexity index is 964. The second-order valence-electron chi connectivity index (χ2n) is 7.62. The van der Waals surface area contributed by atoms with Crippen LogP contribution < -0.4 is 5.73 Å². The van der Waals surface area contributed by atoms with Crippen molar-refractivity contribution in [2.75, 3.05) is 18.8 Å². The lowest BCUT2D eigenvalue weighted by Crippen LogP contribution is -2.49. The van der Waals surface area contributed by atoms with E-state index in [4.69, 9.17) is 15.9 Å². The molecule has 1 fully saturated rings. The van der Waals surface area contributed by atoms with E-state index in [1.165, 1.54) is 49.2 Å². The first-order valence-corrected chi connectivity index (χ1v) is 10.8. The van der Waals surface area contributed by atoms with Crippen LogP contribution in [0.2, 0.25) is 0 Å². The first-order valence-electron chi connectivity index (χ1n) is 10.0. The molecule has 2 atom stereocenters. The van der Waals surface area contributed by atoms with Gasteiger partial charge in [0.2, 0.25) is 5.95 Å². The van der Waals surface area contributed by atoms with Gasteiger partial charge in [0.15, 0.2) is 0 Å². The van der Waals surface area contributed by atoms with Gasteiger partial charge in [0, 0.05) is 18.2 Å². The lowest BCUT2D eigenvalue weighted by atomic mass is 9.77. The summed E-state index contributed by atoms with van der Waals surface area (Å²) in [6.45, 7) is 6.03. The fourth-order valence-corrected chi connectivity index (χ4v) is 4.91. The summed E-state index contributed by atoms with van der Waals surface area (Å²) in [5.41, 5.74) is 7.75. The Morgan fingerprint density at radius 2 is 1.84 bits per heavy atom. The maximum absolute atomic E-state index is 10.5. The molecule has 9 heteroatoms. The largest absolute Gasteiger partial charge is 0.478 e. The van der Waals surface area contributed by atoms with Gasteiger partial charge < -0.3 is 15.9 Å². The maximum atomic E-state index is 10.5. The maximum Gasteiger partial charge on any atom is 0.336 e. The Labute approximate surface area is 188 Å². The third-order valence-electron chi connectivity index (χ3n) is 5.71. The number of hydrogen-bond donors (Lipinski definition) is 3. The average molecular weight is 489 g/mol. The molecule has 4 rings (SSSR count). The van der Waals surface area contributed by atoms with Crippen LogP contribution >= 0.6 is 15.9 Å². The van der Waals surface area contributed by atoms with Crippen molar-refractivity contribution < 1.29 is 19.8 Å². The van der Waals surface area contributed by atoms with E-state index in [-0.39, 0.29) is 11.1 Å². The summed E-state index contributed by atoms with van der Waals surface area (Å²) in [6.07, 6.45) is 6.62. The van der Waals surface area contributed by atoms with Gasteiger partial charge in [0.25, 0.3) is 0 Å². The molecule has 0 spiro atoms. The fraction of sp³-hybridized carbons (Fsp3) is 0.364. The van der Waals surface area contributed by atoms with Crippen LogP contribution in [0.3, 0.4) is 0 Å². The van der Waals surface area contributed by atoms with Gasteiger partial charge in [-0.1, -0.05) is 18.2 Å². The summed E-state index contributed by atoms with van der Waals surface area (Å²) >= 11 is 3.54. The lowest BCUT2D eigenvalue weighted by Gasteiger charge is -2.44. The number of fused-ring (bicyclic) bond motifs is 2. The van der Waals surface area contributed by atoms with E-state index in [0.29, 0.717) is 17.9 Å². The number of nitrogens with two attached hydrogens (primary N) is 1. The number of carboxylic acids is 2. The molecule has 2 heterocycles. The standard InChI is InChI=1S/C14H19BrN4.C8H6O4/c1-2-5-19-6-3-4-9-7-11-10(8-12(9)19)13(15)18-14(16)17-11;9-7(10)5-3-1-2-4-6(5)8(11)12/h2,9,12H,1,3-8H2,(H2,16,17,18);1-4H,(H,9,10)(H,11,12). The van der Waals surface area contributed by atoms with Gasteiger partial charge in [-0.15, -0.1) is 6.58 Å². The number of nitrogen functional groups attached to an aromatic ring is 1. The van der Waals surface area contributed by atoms with Gasteiger partial charge in [-0.25, -0.2) is 19.6 Å². The predicted octanol–water partition coefficient (Wildman–Crippen LogP) is 3.27. The molecule has 8 nitrogen and oxygen atoms in total. The molecule has 164 valence electrons. The Hall–Kier alpha value is -2.78. The van der Waals surface area contributed by atoms with Gasteiger partial charge >= 0.3 is 11.9 Å². The first-order chi connectivity index (χ1) is 14.8. The summed E-state index contributed by atoms with van der Waals surface area (Å²) < 4.78 is 0.873. The number of aromatic carboxylic acids is 2. The van der Waals surface area contributed by atoms with Crippen LogP contribution in [0, 0.1) is 5.92 Å². The average Bonchev–Trinajstić information content (AvgIpc) is 2.73. The van der Waals surface area contributed by atoms with Crippen molar-refractivity contribution in [1.29, 1.82) is 0 Å². The third-order valence-corrected chi connectivity index (χ3v) is 6.37. The third kappa shape index (κ3) is 5.29. The number of carboxylic acid groups (broad SMARTS) is 2. The summed E-state index contributed by atoms with van der Waals surface area (Å²) in [5.74, 6) is -1.38. The second-order valence-corrected chi connectivity index (χ2v) is 8.37. The highest BCUT2D eigenvalue weighted by Crippen LogP contribution is 2.36. The topological polar surface area (TPSA) is 130 Å². The molecule has 2 aliphatic rings. The van der Waals surface area contributed by atoms with Crippen molar-refractivity contribution in [2.24, 2.45) is 5.92 Å². The van der Waals surface area contributed by atoms with Crippen LogP contribution in [0.25, 0.3) is 0 Å². The van der Waals surface area contributed by atoms with Crippen LogP contribution in [0.15, 0.2) is 41.5 Å². The van der Waals surface area contributed by atoms with Crippen molar-refractivity contribution in [1.82, 2.24) is 14.9 Å². The Balaban J connectivity index is 0.000000196. The second kappa shape index (κ2) is 10.0. The summed E-state index contributed by atoms with van der Waals surface area (Å²) in [7, 11) is 0. The minimum absolute atomic E-state index is 0.190. The number of carbonyl (C=O) groups is 2. The summed E-state index contributed by atoms with van der Waals surface area (Å²) in [6, 6.07) is 6.08. The van der Waals surface area contributed by atoms with Crippen LogP contribution in [0.1, 0.15) is 44.8 Å². The Morgan fingerprint density at radius 3 is 2.42 bits per heavy atom. The van der Waals surface area contributed by atoms with E-state index in [1.54, 1.807) is 0 Å². The van der Waals surface area contributed by atoms with E-state index < -0.39 is 11.9 Å². The molecule has 0 saturated carbocycles. The minimum Gasteiger partial charge on any atom is -0.478 e. The number of halogens is 1. The Morgan fingerprint density at radius 1 is 1.19 bits per heavy atom. The molecular formula is C22H25BrN4O4. The quantitative estimate of drug-likeness (QED) is 0.441. The number of nitrogens with zero attached hydrogens (tertiary/aromatic N) is 3. The zero-order valence-corrected chi connectivity index (χ0v) is 18.6. The predicted molar refractivity (Wildman–Crippen MR) is 120 cm³/mol. The highest BCUT2D eigenvalue weighted by atomic mass is 79.9. The van der Waals surface area contributed by atoms with Gasteiger partial charge in [-0.05, 0) is 66.2 Å². The number of aromatic nitrogens is 2. The van der Waals surface area contributed by atoms with Gasteiger partial charge in [0.1, 0.15) is 4.60 Å². The van der Waals surface area contributed by atoms with Crippen LogP contribution in [-0.2, 0) is 12.8 Å². The normalized spacial score (nSPS) is 19.9. The van der Waals surface area contributed by atoms with Crippen molar-refractivity contribution in [3.8, 4) is 0 Å². The van der Waals surface area contributed by atoms with Gasteiger partial charge in [0.05, 0.1) is 16.8 Å². The highest BCUT2D eigenvalue weighted by molar-refractivity contribution is 9.10. The number of benzene rings is 1. The molecule has 2 unspecified atom stereocenters. The zero-order valence-electron chi connectivity index (χ0n) is 17.0. The lowest BCUT2D eigenvalue weighted by molar-refractivity contribution is 0.0651. The molecular weight excluding hydrogens is 464 g/mol. The molecule has 0 amide bonds. The monoisotopic (exact) mass is 488 g/mol. The Kier molecular flexibility index (Phi) is 7.40. The van der Waals surface area contributed by atoms with E-state index in [9.17, 15) is 9.59 Å². The van der Waals surface area contributed by atoms with Crippen LogP contribution in [0.5, 0.6) is 0 Å². The van der Waals surface area contributed by atoms with Crippen molar-refractivity contribution in [2.45, 2.75) is 31.7 Å². The first kappa shape index (κ1) is 22.9. The number of piperidine rings is 1. The van der Waals surface area contributed by atoms with E-state index in [1.807, 2.05) is 6.08 Å². The van der Waals surface area contributed by atoms with E-state index >= 15 is 0 Å². The van der Waals surface area contributed by atoms with Crippen LogP contribution in [-0.4, -0.2) is 56.2 Å². The molecule has 1 aliphatic carbocycles. The van der Waals surface area contributed by atoms with E-state index in [2.05, 4.69) is 37.4 Å². The van der Waals surface area contributed by atoms with Gasteiger partial charge in [-0.2, -0.15) is 0 Å². The molecule has 0 radical (unpaired) electrons. The fourth-order valence-electron chi connectivity index (χ4n) is 4.34. The van der Waals surface area contributed by atoms with Crippen molar-refractivity contribution >= 4 is 33.8 Å².